The molecular formula is C20H31O7PSi. The van der Waals surface area contributed by atoms with Crippen molar-refractivity contribution in [3.05, 3.63) is 28.3 Å². The van der Waals surface area contributed by atoms with Crippen LogP contribution in [-0.2, 0) is 15.9 Å². The Hall–Kier alpha value is -1.60. The smallest absolute Gasteiger partial charge is 0.342 e. The topological polar surface area (TPSA) is 102 Å². The number of esters is 1. The maximum atomic E-state index is 12.4. The van der Waals surface area contributed by atoms with E-state index in [0.29, 0.717) is 29.2 Å². The van der Waals surface area contributed by atoms with Gasteiger partial charge in [-0.05, 0) is 24.4 Å². The average Bonchev–Trinajstić information content (AvgIpc) is 2.94. The molecule has 1 unspecified atom stereocenters. The number of benzene rings is 1. The highest BCUT2D eigenvalue weighted by atomic mass is 31.2. The van der Waals surface area contributed by atoms with Crippen molar-refractivity contribution >= 4 is 27.7 Å². The van der Waals surface area contributed by atoms with Gasteiger partial charge in [0.25, 0.3) is 0 Å². The summed E-state index contributed by atoms with van der Waals surface area (Å²) in [6.45, 7) is 11.0. The number of carbonyl (C=O) groups excluding carboxylic acids is 1. The molecule has 29 heavy (non-hydrogen) atoms. The number of fused-ring (bicyclic) bond motifs is 1. The number of hydrogen-bond donors (Lipinski definition) is 2. The molecule has 0 aromatic heterocycles. The Balaban J connectivity index is 2.51. The molecule has 1 atom stereocenters. The number of rotatable bonds is 9. The summed E-state index contributed by atoms with van der Waals surface area (Å²) in [5, 5.41) is 0. The van der Waals surface area contributed by atoms with Crippen molar-refractivity contribution in [2.45, 2.75) is 46.1 Å². The van der Waals surface area contributed by atoms with Crippen LogP contribution in [0.3, 0.4) is 0 Å². The summed E-state index contributed by atoms with van der Waals surface area (Å²) in [4.78, 5) is 30.8. The molecule has 162 valence electrons. The fraction of sp³-hybridized carbons (Fsp3) is 0.550. The maximum absolute atomic E-state index is 12.4. The number of ether oxygens (including phenoxy) is 3. The van der Waals surface area contributed by atoms with E-state index in [-0.39, 0.29) is 18.7 Å². The summed E-state index contributed by atoms with van der Waals surface area (Å²) < 4.78 is 28.2. The van der Waals surface area contributed by atoms with Gasteiger partial charge in [0.1, 0.15) is 23.7 Å². The molecule has 1 aliphatic rings. The lowest BCUT2D eigenvalue weighted by Crippen LogP contribution is -2.23. The molecule has 1 heterocycles. The molecule has 0 bridgehead atoms. The van der Waals surface area contributed by atoms with Crippen molar-refractivity contribution in [2.75, 3.05) is 19.9 Å². The number of cyclic esters (lactones) is 1. The van der Waals surface area contributed by atoms with Crippen LogP contribution >= 0.6 is 7.60 Å². The van der Waals surface area contributed by atoms with E-state index in [1.165, 1.54) is 0 Å². The van der Waals surface area contributed by atoms with Crippen LogP contribution in [0, 0.1) is 12.8 Å². The highest BCUT2D eigenvalue weighted by Gasteiger charge is 2.33. The SMILES string of the molecule is COc1c(C)c2c(c(OCC[Si](C)(C)C)c1/C=C/C(C)CP(=O)(O)O)C(=O)OC2. The summed E-state index contributed by atoms with van der Waals surface area (Å²) in [6.07, 6.45) is 3.17. The number of allylic oxidation sites excluding steroid dienone is 1. The Kier molecular flexibility index (Phi) is 7.38. The van der Waals surface area contributed by atoms with Crippen molar-refractivity contribution in [3.63, 3.8) is 0 Å². The fourth-order valence-corrected chi connectivity index (χ4v) is 4.81. The van der Waals surface area contributed by atoms with Crippen molar-refractivity contribution in [1.29, 1.82) is 0 Å². The van der Waals surface area contributed by atoms with Gasteiger partial charge in [-0.1, -0.05) is 38.7 Å². The Morgan fingerprint density at radius 1 is 1.28 bits per heavy atom. The molecule has 2 rings (SSSR count). The van der Waals surface area contributed by atoms with Gasteiger partial charge in [0.2, 0.25) is 0 Å². The molecule has 7 nitrogen and oxygen atoms in total. The normalized spacial score (nSPS) is 15.4. The van der Waals surface area contributed by atoms with E-state index >= 15 is 0 Å². The van der Waals surface area contributed by atoms with Gasteiger partial charge in [-0.25, -0.2) is 4.79 Å². The van der Waals surface area contributed by atoms with Crippen LogP contribution in [-0.4, -0.2) is 43.7 Å². The van der Waals surface area contributed by atoms with Crippen LogP contribution < -0.4 is 9.47 Å². The Morgan fingerprint density at radius 2 is 1.93 bits per heavy atom. The number of carbonyl (C=O) groups is 1. The number of hydrogen-bond acceptors (Lipinski definition) is 5. The van der Waals surface area contributed by atoms with Gasteiger partial charge in [-0.3, -0.25) is 4.57 Å². The summed E-state index contributed by atoms with van der Waals surface area (Å²) >= 11 is 0. The Morgan fingerprint density at radius 3 is 2.48 bits per heavy atom. The third kappa shape index (κ3) is 6.19. The van der Waals surface area contributed by atoms with Crippen molar-refractivity contribution in [2.24, 2.45) is 5.92 Å². The van der Waals surface area contributed by atoms with Crippen molar-refractivity contribution in [1.82, 2.24) is 0 Å². The zero-order valence-corrected chi connectivity index (χ0v) is 19.8. The minimum absolute atomic E-state index is 0.180. The van der Waals surface area contributed by atoms with Gasteiger partial charge in [-0.15, -0.1) is 0 Å². The van der Waals surface area contributed by atoms with Gasteiger partial charge in [0.05, 0.1) is 25.4 Å². The Bertz CT molecular complexity index is 852. The molecule has 0 saturated heterocycles. The zero-order chi connectivity index (χ0) is 22.0. The van der Waals surface area contributed by atoms with E-state index < -0.39 is 21.6 Å². The summed E-state index contributed by atoms with van der Waals surface area (Å²) in [6, 6.07) is 0.921. The van der Waals surface area contributed by atoms with Gasteiger partial charge >= 0.3 is 13.6 Å². The van der Waals surface area contributed by atoms with E-state index in [4.69, 9.17) is 14.2 Å². The molecule has 2 N–H and O–H groups in total. The van der Waals surface area contributed by atoms with E-state index in [9.17, 15) is 19.1 Å². The van der Waals surface area contributed by atoms with Gasteiger partial charge in [0.15, 0.2) is 0 Å². The number of methoxy groups -OCH3 is 1. The van der Waals surface area contributed by atoms with Crippen molar-refractivity contribution in [3.8, 4) is 11.5 Å². The van der Waals surface area contributed by atoms with E-state index in [1.807, 2.05) is 6.92 Å². The van der Waals surface area contributed by atoms with E-state index in [2.05, 4.69) is 19.6 Å². The van der Waals surface area contributed by atoms with Crippen LogP contribution in [0.1, 0.15) is 34.0 Å². The second-order valence-electron chi connectivity index (χ2n) is 8.67. The molecule has 0 saturated carbocycles. The first kappa shape index (κ1) is 23.7. The Labute approximate surface area is 173 Å². The molecule has 0 aliphatic carbocycles. The monoisotopic (exact) mass is 442 g/mol. The van der Waals surface area contributed by atoms with Crippen molar-refractivity contribution < 1.29 is 33.4 Å². The van der Waals surface area contributed by atoms with Crippen LogP contribution in [0.2, 0.25) is 25.7 Å². The standard InChI is InChI=1S/C20H31O7PSi/c1-13(12-28(22,23)24)7-8-15-18(25-3)14(2)16-11-27-20(21)17(16)19(15)26-9-10-29(4,5)6/h7-8,13H,9-12H2,1-6H3,(H2,22,23,24)/b8-7+. The van der Waals surface area contributed by atoms with Gasteiger partial charge < -0.3 is 24.0 Å². The van der Waals surface area contributed by atoms with Gasteiger partial charge in [0, 0.05) is 13.6 Å². The second-order valence-corrected chi connectivity index (χ2v) is 16.0. The quantitative estimate of drug-likeness (QED) is 0.335. The molecule has 0 fully saturated rings. The minimum Gasteiger partial charge on any atom is -0.496 e. The van der Waals surface area contributed by atoms with Gasteiger partial charge in [-0.2, -0.15) is 0 Å². The zero-order valence-electron chi connectivity index (χ0n) is 17.9. The molecule has 9 heteroatoms. The first-order chi connectivity index (χ1) is 13.3. The van der Waals surface area contributed by atoms with Crippen LogP contribution in [0.5, 0.6) is 11.5 Å². The minimum atomic E-state index is -4.13. The molecule has 0 amide bonds. The molecule has 1 aromatic rings. The van der Waals surface area contributed by atoms with Crippen LogP contribution in [0.4, 0.5) is 0 Å². The van der Waals surface area contributed by atoms with Crippen LogP contribution in [0.25, 0.3) is 6.08 Å². The fourth-order valence-electron chi connectivity index (χ4n) is 3.23. The lowest BCUT2D eigenvalue weighted by Gasteiger charge is -2.21. The third-order valence-electron chi connectivity index (χ3n) is 4.78. The lowest BCUT2D eigenvalue weighted by molar-refractivity contribution is 0.0532. The summed E-state index contributed by atoms with van der Waals surface area (Å²) in [7, 11) is -3.92. The second kappa shape index (κ2) is 9.04. The molecule has 0 spiro atoms. The predicted octanol–water partition coefficient (Wildman–Crippen LogP) is 4.22. The summed E-state index contributed by atoms with van der Waals surface area (Å²) in [5.41, 5.74) is 2.57. The first-order valence-electron chi connectivity index (χ1n) is 9.60. The predicted molar refractivity (Wildman–Crippen MR) is 116 cm³/mol. The first-order valence-corrected chi connectivity index (χ1v) is 15.1. The lowest BCUT2D eigenvalue weighted by atomic mass is 9.96. The third-order valence-corrected chi connectivity index (χ3v) is 7.54. The van der Waals surface area contributed by atoms with E-state index in [0.717, 1.165) is 17.2 Å². The van der Waals surface area contributed by atoms with E-state index in [1.54, 1.807) is 26.2 Å². The molecular weight excluding hydrogens is 411 g/mol. The average molecular weight is 443 g/mol. The summed E-state index contributed by atoms with van der Waals surface area (Å²) in [5.74, 6) is 0.204. The highest BCUT2D eigenvalue weighted by Crippen LogP contribution is 2.44. The van der Waals surface area contributed by atoms with Crippen LogP contribution in [0.15, 0.2) is 6.08 Å². The molecule has 1 aliphatic heterocycles. The molecule has 0 radical (unpaired) electrons. The highest BCUT2D eigenvalue weighted by molar-refractivity contribution is 7.51. The largest absolute Gasteiger partial charge is 0.496 e. The maximum Gasteiger partial charge on any atom is 0.342 e. The molecule has 1 aromatic carbocycles.